The number of carboxylic acids is 1. The molecule has 0 radical (unpaired) electrons. The van der Waals surface area contributed by atoms with Crippen LogP contribution in [0.3, 0.4) is 0 Å². The second kappa shape index (κ2) is 6.53. The fourth-order valence-corrected chi connectivity index (χ4v) is 3.33. The third-order valence-corrected chi connectivity index (χ3v) is 4.50. The van der Waals surface area contributed by atoms with Gasteiger partial charge in [-0.3, -0.25) is 0 Å². The first-order valence-corrected chi connectivity index (χ1v) is 8.34. The highest BCUT2D eigenvalue weighted by Crippen LogP contribution is 2.28. The molecule has 110 valence electrons. The number of nitrogens with zero attached hydrogens (tertiary/aromatic N) is 1. The first-order valence-electron chi connectivity index (χ1n) is 6.45. The highest BCUT2D eigenvalue weighted by molar-refractivity contribution is 14.1. The van der Waals surface area contributed by atoms with Gasteiger partial charge in [0.05, 0.1) is 11.0 Å². The van der Waals surface area contributed by atoms with Gasteiger partial charge in [-0.25, -0.2) is 9.78 Å². The van der Waals surface area contributed by atoms with Crippen molar-refractivity contribution in [2.45, 2.75) is 5.16 Å². The molecule has 6 heteroatoms. The largest absolute Gasteiger partial charge is 0.477 e. The Kier molecular flexibility index (Phi) is 4.49. The lowest BCUT2D eigenvalue weighted by Gasteiger charge is -2.00. The molecule has 1 aromatic heterocycles. The first kappa shape index (κ1) is 15.1. The van der Waals surface area contributed by atoms with Gasteiger partial charge in [-0.05, 0) is 70.3 Å². The smallest absolute Gasteiger partial charge is 0.342 e. The Morgan fingerprint density at radius 3 is 2.77 bits per heavy atom. The molecule has 0 unspecified atom stereocenters. The molecular weight excluding hydrogens is 411 g/mol. The number of hydrogen-bond acceptors (Lipinski definition) is 3. The van der Waals surface area contributed by atoms with E-state index in [2.05, 4.69) is 32.6 Å². The number of H-pyrrole nitrogens is 1. The molecule has 0 saturated carbocycles. The summed E-state index contributed by atoms with van der Waals surface area (Å²) < 4.78 is 1.06. The number of benzene rings is 2. The van der Waals surface area contributed by atoms with Crippen molar-refractivity contribution in [1.82, 2.24) is 9.97 Å². The van der Waals surface area contributed by atoms with Gasteiger partial charge in [0, 0.05) is 3.57 Å². The van der Waals surface area contributed by atoms with Crippen LogP contribution < -0.4 is 0 Å². The van der Waals surface area contributed by atoms with Crippen LogP contribution in [-0.4, -0.2) is 21.0 Å². The average molecular weight is 422 g/mol. The Morgan fingerprint density at radius 2 is 2.05 bits per heavy atom. The lowest BCUT2D eigenvalue weighted by molar-refractivity contribution is -0.131. The Balaban J connectivity index is 1.93. The van der Waals surface area contributed by atoms with Gasteiger partial charge in [0.15, 0.2) is 5.16 Å². The summed E-state index contributed by atoms with van der Waals surface area (Å²) in [6, 6.07) is 15.3. The number of carbonyl (C=O) groups is 1. The maximum absolute atomic E-state index is 11.5. The summed E-state index contributed by atoms with van der Waals surface area (Å²) >= 11 is 3.32. The minimum Gasteiger partial charge on any atom is -0.477 e. The van der Waals surface area contributed by atoms with Crippen molar-refractivity contribution in [3.63, 3.8) is 0 Å². The number of aliphatic carboxylic acids is 1. The second-order valence-electron chi connectivity index (χ2n) is 4.53. The fourth-order valence-electron chi connectivity index (χ4n) is 1.96. The molecule has 0 fully saturated rings. The molecule has 0 saturated heterocycles. The van der Waals surface area contributed by atoms with E-state index in [1.54, 1.807) is 6.08 Å². The fraction of sp³-hybridized carbons (Fsp3) is 0. The minimum atomic E-state index is -0.968. The van der Waals surface area contributed by atoms with Crippen molar-refractivity contribution < 1.29 is 9.90 Å². The summed E-state index contributed by atoms with van der Waals surface area (Å²) in [6.07, 6.45) is 1.66. The van der Waals surface area contributed by atoms with E-state index < -0.39 is 5.97 Å². The van der Waals surface area contributed by atoms with E-state index in [1.807, 2.05) is 48.5 Å². The highest BCUT2D eigenvalue weighted by Gasteiger charge is 2.13. The SMILES string of the molecule is O=C(O)/C(=C/c1cccc(I)c1)Sc1nc2ccccc2[nH]1. The second-order valence-corrected chi connectivity index (χ2v) is 6.81. The summed E-state index contributed by atoms with van der Waals surface area (Å²) in [7, 11) is 0. The predicted octanol–water partition coefficient (Wildman–Crippen LogP) is 4.39. The monoisotopic (exact) mass is 422 g/mol. The van der Waals surface area contributed by atoms with Crippen molar-refractivity contribution in [3.8, 4) is 0 Å². The summed E-state index contributed by atoms with van der Waals surface area (Å²) in [5, 5.41) is 9.98. The van der Waals surface area contributed by atoms with E-state index >= 15 is 0 Å². The number of imidazole rings is 1. The molecule has 1 heterocycles. The van der Waals surface area contributed by atoms with Crippen LogP contribution in [0.15, 0.2) is 58.6 Å². The predicted molar refractivity (Wildman–Crippen MR) is 96.7 cm³/mol. The molecule has 0 aliphatic carbocycles. The zero-order valence-corrected chi connectivity index (χ0v) is 14.3. The van der Waals surface area contributed by atoms with Gasteiger partial charge in [0.2, 0.25) is 0 Å². The molecule has 0 atom stereocenters. The number of thioether (sulfide) groups is 1. The summed E-state index contributed by atoms with van der Waals surface area (Å²) in [6.45, 7) is 0. The first-order chi connectivity index (χ1) is 10.6. The molecule has 22 heavy (non-hydrogen) atoms. The van der Waals surface area contributed by atoms with Gasteiger partial charge in [0.1, 0.15) is 4.91 Å². The van der Waals surface area contributed by atoms with Gasteiger partial charge in [-0.1, -0.05) is 24.3 Å². The van der Waals surface area contributed by atoms with Crippen molar-refractivity contribution in [2.75, 3.05) is 0 Å². The van der Waals surface area contributed by atoms with E-state index in [0.29, 0.717) is 5.16 Å². The molecule has 2 aromatic carbocycles. The van der Waals surface area contributed by atoms with Crippen molar-refractivity contribution in [1.29, 1.82) is 0 Å². The Hall–Kier alpha value is -1.80. The summed E-state index contributed by atoms with van der Waals surface area (Å²) in [5.74, 6) is -0.968. The lowest BCUT2D eigenvalue weighted by atomic mass is 10.2. The molecule has 0 aliphatic heterocycles. The Labute approximate surface area is 144 Å². The average Bonchev–Trinajstić information content (AvgIpc) is 2.89. The van der Waals surface area contributed by atoms with Crippen LogP contribution in [0, 0.1) is 3.57 Å². The van der Waals surface area contributed by atoms with Crippen molar-refractivity contribution >= 4 is 57.4 Å². The number of para-hydroxylation sites is 2. The number of aromatic amines is 1. The molecule has 0 amide bonds. The zero-order chi connectivity index (χ0) is 15.5. The zero-order valence-electron chi connectivity index (χ0n) is 11.3. The summed E-state index contributed by atoms with van der Waals surface area (Å²) in [4.78, 5) is 19.2. The normalized spacial score (nSPS) is 11.8. The maximum atomic E-state index is 11.5. The number of carboxylic acid groups (broad SMARTS) is 1. The molecular formula is C16H11IN2O2S. The molecule has 3 aromatic rings. The van der Waals surface area contributed by atoms with Crippen molar-refractivity contribution in [2.24, 2.45) is 0 Å². The quantitative estimate of drug-likeness (QED) is 0.372. The van der Waals surface area contributed by atoms with Crippen LogP contribution in [-0.2, 0) is 4.79 Å². The molecule has 0 bridgehead atoms. The number of aromatic nitrogens is 2. The molecule has 0 spiro atoms. The number of rotatable bonds is 4. The van der Waals surface area contributed by atoms with Crippen LogP contribution in [0.5, 0.6) is 0 Å². The van der Waals surface area contributed by atoms with E-state index in [1.165, 1.54) is 0 Å². The number of nitrogens with one attached hydrogen (secondary N) is 1. The standard InChI is InChI=1S/C16H11IN2O2S/c17-11-5-3-4-10(8-11)9-14(15(20)21)22-16-18-12-6-1-2-7-13(12)19-16/h1-9H,(H,18,19)(H,20,21)/b14-9-. The van der Waals surface area contributed by atoms with Crippen LogP contribution in [0.2, 0.25) is 0 Å². The van der Waals surface area contributed by atoms with Crippen molar-refractivity contribution in [3.05, 3.63) is 62.6 Å². The minimum absolute atomic E-state index is 0.223. The molecule has 2 N–H and O–H groups in total. The molecule has 0 aliphatic rings. The molecule has 4 nitrogen and oxygen atoms in total. The third-order valence-electron chi connectivity index (χ3n) is 2.93. The van der Waals surface area contributed by atoms with Crippen LogP contribution in [0.1, 0.15) is 5.56 Å². The maximum Gasteiger partial charge on any atom is 0.342 e. The lowest BCUT2D eigenvalue weighted by Crippen LogP contribution is -1.97. The van der Waals surface area contributed by atoms with Crippen LogP contribution in [0.25, 0.3) is 17.1 Å². The Morgan fingerprint density at radius 1 is 1.23 bits per heavy atom. The number of hydrogen-bond donors (Lipinski definition) is 2. The highest BCUT2D eigenvalue weighted by atomic mass is 127. The van der Waals surface area contributed by atoms with Gasteiger partial charge in [-0.2, -0.15) is 0 Å². The third kappa shape index (κ3) is 3.50. The van der Waals surface area contributed by atoms with Gasteiger partial charge in [-0.15, -0.1) is 0 Å². The van der Waals surface area contributed by atoms with Crippen LogP contribution in [0.4, 0.5) is 0 Å². The summed E-state index contributed by atoms with van der Waals surface area (Å²) in [5.41, 5.74) is 2.57. The van der Waals surface area contributed by atoms with E-state index in [9.17, 15) is 9.90 Å². The van der Waals surface area contributed by atoms with Gasteiger partial charge in [0.25, 0.3) is 0 Å². The topological polar surface area (TPSA) is 66.0 Å². The number of fused-ring (bicyclic) bond motifs is 1. The number of halogens is 1. The van der Waals surface area contributed by atoms with Crippen LogP contribution >= 0.6 is 34.4 Å². The van der Waals surface area contributed by atoms with Gasteiger partial charge < -0.3 is 10.1 Å². The van der Waals surface area contributed by atoms with E-state index in [4.69, 9.17) is 0 Å². The molecule has 3 rings (SSSR count). The Bertz CT molecular complexity index is 840. The van der Waals surface area contributed by atoms with E-state index in [0.717, 1.165) is 31.9 Å². The van der Waals surface area contributed by atoms with Gasteiger partial charge >= 0.3 is 5.97 Å². The van der Waals surface area contributed by atoms with E-state index in [-0.39, 0.29) is 4.91 Å².